The number of nitrogens with one attached hydrogen (secondary N) is 2. The van der Waals surface area contributed by atoms with Crippen molar-refractivity contribution in [3.05, 3.63) is 120 Å². The number of aliphatic imine (C=N–C) groups is 2. The summed E-state index contributed by atoms with van der Waals surface area (Å²) in [6, 6.07) is 30.6. The van der Waals surface area contributed by atoms with Crippen LogP contribution in [0.5, 0.6) is 0 Å². The fourth-order valence-corrected chi connectivity index (χ4v) is 7.02. The molecule has 5 rings (SSSR count). The predicted octanol–water partition coefficient (Wildman–Crippen LogP) is 6.14. The van der Waals surface area contributed by atoms with Crippen molar-refractivity contribution in [3.63, 3.8) is 0 Å². The van der Waals surface area contributed by atoms with E-state index in [2.05, 4.69) is 9.44 Å². The van der Waals surface area contributed by atoms with Crippen molar-refractivity contribution < 1.29 is 16.8 Å². The lowest BCUT2D eigenvalue weighted by Gasteiger charge is -2.25. The monoisotopic (exact) mass is 600 g/mol. The Kier molecular flexibility index (Phi) is 9.14. The number of hydrogen-bond donors (Lipinski definition) is 2. The molecule has 4 aromatic carbocycles. The summed E-state index contributed by atoms with van der Waals surface area (Å²) in [5.74, 6) is 0. The van der Waals surface area contributed by atoms with Crippen molar-refractivity contribution in [3.8, 4) is 0 Å². The summed E-state index contributed by atoms with van der Waals surface area (Å²) >= 11 is 0. The summed E-state index contributed by atoms with van der Waals surface area (Å²) in [6.45, 7) is 0. The first-order valence-electron chi connectivity index (χ1n) is 13.7. The second kappa shape index (κ2) is 13.1. The molecule has 42 heavy (non-hydrogen) atoms. The smallest absolute Gasteiger partial charge is 0.261 e. The maximum atomic E-state index is 12.9. The Labute approximate surface area is 247 Å². The lowest BCUT2D eigenvalue weighted by atomic mass is 9.91. The molecular weight excluding hydrogens is 569 g/mol. The van der Waals surface area contributed by atoms with E-state index in [1.807, 2.05) is 24.3 Å². The van der Waals surface area contributed by atoms with Crippen LogP contribution in [0, 0.1) is 0 Å². The molecule has 1 aliphatic rings. The zero-order valence-corrected chi connectivity index (χ0v) is 24.5. The first-order valence-corrected chi connectivity index (χ1v) is 16.7. The van der Waals surface area contributed by atoms with Crippen LogP contribution in [0.25, 0.3) is 0 Å². The fraction of sp³-hybridized carbons (Fsp3) is 0.188. The van der Waals surface area contributed by atoms with Gasteiger partial charge in [0, 0.05) is 23.6 Å². The van der Waals surface area contributed by atoms with Gasteiger partial charge in [0.2, 0.25) is 0 Å². The molecule has 0 unspecified atom stereocenters. The van der Waals surface area contributed by atoms with Crippen LogP contribution in [0.4, 0.5) is 11.4 Å². The van der Waals surface area contributed by atoms with E-state index < -0.39 is 20.0 Å². The molecule has 1 aliphatic carbocycles. The third-order valence-electron chi connectivity index (χ3n) is 7.02. The molecule has 0 radical (unpaired) electrons. The van der Waals surface area contributed by atoms with Crippen LogP contribution in [-0.2, 0) is 20.0 Å². The Morgan fingerprint density at radius 3 is 1.29 bits per heavy atom. The molecule has 1 saturated carbocycles. The van der Waals surface area contributed by atoms with E-state index in [4.69, 9.17) is 9.98 Å². The minimum Gasteiger partial charge on any atom is -0.287 e. The average Bonchev–Trinajstić information content (AvgIpc) is 3.01. The van der Waals surface area contributed by atoms with Gasteiger partial charge in [-0.1, -0.05) is 85.6 Å². The van der Waals surface area contributed by atoms with Crippen molar-refractivity contribution in [1.82, 2.24) is 0 Å². The summed E-state index contributed by atoms with van der Waals surface area (Å²) in [5, 5.41) is 0. The van der Waals surface area contributed by atoms with E-state index in [1.165, 1.54) is 0 Å². The normalized spacial score (nSPS) is 17.8. The summed E-state index contributed by atoms with van der Waals surface area (Å²) in [5.41, 5.74) is 2.21. The Bertz CT molecular complexity index is 1640. The van der Waals surface area contributed by atoms with Gasteiger partial charge in [0.15, 0.2) is 0 Å². The largest absolute Gasteiger partial charge is 0.287 e. The molecule has 0 heterocycles. The average molecular weight is 601 g/mol. The van der Waals surface area contributed by atoms with E-state index >= 15 is 0 Å². The van der Waals surface area contributed by atoms with Crippen LogP contribution in [-0.4, -0.2) is 41.3 Å². The summed E-state index contributed by atoms with van der Waals surface area (Å²) in [7, 11) is -7.50. The van der Waals surface area contributed by atoms with Crippen LogP contribution in [0.1, 0.15) is 36.8 Å². The Morgan fingerprint density at radius 1 is 0.524 bits per heavy atom. The minimum absolute atomic E-state index is 0.0954. The molecule has 10 heteroatoms. The lowest BCUT2D eigenvalue weighted by Crippen LogP contribution is -2.27. The van der Waals surface area contributed by atoms with Crippen LogP contribution in [0.2, 0.25) is 0 Å². The topological polar surface area (TPSA) is 117 Å². The first-order chi connectivity index (χ1) is 20.3. The maximum absolute atomic E-state index is 12.9. The second-order valence-corrected chi connectivity index (χ2v) is 13.4. The third-order valence-corrected chi connectivity index (χ3v) is 9.78. The quantitative estimate of drug-likeness (QED) is 0.213. The molecule has 8 nitrogen and oxygen atoms in total. The van der Waals surface area contributed by atoms with Crippen LogP contribution >= 0.6 is 0 Å². The number of anilines is 2. The summed E-state index contributed by atoms with van der Waals surface area (Å²) < 4.78 is 57.0. The molecule has 4 aromatic rings. The molecule has 0 aliphatic heterocycles. The second-order valence-electron chi connectivity index (χ2n) is 9.99. The number of nitrogens with zero attached hydrogens (tertiary/aromatic N) is 2. The Morgan fingerprint density at radius 2 is 0.881 bits per heavy atom. The fourth-order valence-electron chi connectivity index (χ4n) is 4.80. The molecule has 2 N–H and O–H groups in total. The van der Waals surface area contributed by atoms with Crippen LogP contribution in [0.15, 0.2) is 129 Å². The molecule has 0 amide bonds. The molecule has 0 bridgehead atoms. The van der Waals surface area contributed by atoms with Gasteiger partial charge in [-0.05, 0) is 49.2 Å². The number of hydrogen-bond acceptors (Lipinski definition) is 6. The van der Waals surface area contributed by atoms with Gasteiger partial charge in [-0.3, -0.25) is 19.4 Å². The van der Waals surface area contributed by atoms with E-state index in [-0.39, 0.29) is 21.9 Å². The number of benzene rings is 4. The third kappa shape index (κ3) is 7.32. The van der Waals surface area contributed by atoms with Crippen molar-refractivity contribution >= 4 is 43.9 Å². The zero-order valence-electron chi connectivity index (χ0n) is 22.9. The van der Waals surface area contributed by atoms with Gasteiger partial charge in [-0.2, -0.15) is 0 Å². The molecule has 2 atom stereocenters. The van der Waals surface area contributed by atoms with Gasteiger partial charge in [-0.15, -0.1) is 0 Å². The van der Waals surface area contributed by atoms with Crippen molar-refractivity contribution in [2.75, 3.05) is 9.44 Å². The Hall–Kier alpha value is -4.28. The van der Waals surface area contributed by atoms with Crippen molar-refractivity contribution in [1.29, 1.82) is 0 Å². The Balaban J connectivity index is 1.33. The molecule has 1 fully saturated rings. The van der Waals surface area contributed by atoms with Gasteiger partial charge in [0.05, 0.1) is 33.2 Å². The number of sulfonamides is 2. The van der Waals surface area contributed by atoms with Crippen molar-refractivity contribution in [2.24, 2.45) is 9.98 Å². The van der Waals surface area contributed by atoms with Crippen molar-refractivity contribution in [2.45, 2.75) is 47.6 Å². The first kappa shape index (κ1) is 29.2. The highest BCUT2D eigenvalue weighted by Crippen LogP contribution is 2.26. The van der Waals surface area contributed by atoms with Gasteiger partial charge in [-0.25, -0.2) is 16.8 Å². The molecule has 216 valence electrons. The summed E-state index contributed by atoms with van der Waals surface area (Å²) in [6.07, 6.45) is 7.15. The van der Waals surface area contributed by atoms with E-state index in [0.717, 1.165) is 25.7 Å². The molecular formula is C32H32N4O4S2. The van der Waals surface area contributed by atoms with Gasteiger partial charge >= 0.3 is 0 Å². The summed E-state index contributed by atoms with van der Waals surface area (Å²) in [4.78, 5) is 10.1. The van der Waals surface area contributed by atoms with Gasteiger partial charge in [0.1, 0.15) is 0 Å². The van der Waals surface area contributed by atoms with Gasteiger partial charge in [0.25, 0.3) is 20.0 Å². The minimum atomic E-state index is -3.75. The van der Waals surface area contributed by atoms with Gasteiger partial charge < -0.3 is 0 Å². The SMILES string of the molecule is O=S(=O)(Nc1ccccc1C=N[C@@H]1CCCC[C@H]1N=Cc1ccccc1NS(=O)(=O)c1ccccc1)c1ccccc1. The van der Waals surface area contributed by atoms with E-state index in [0.29, 0.717) is 22.5 Å². The standard InChI is InChI=1S/C32H32N4O4S2/c37-41(38,27-15-3-1-4-16-27)35-29-19-9-7-13-25(29)23-33-31-21-11-12-22-32(31)34-24-26-14-8-10-20-30(26)36-42(39,40)28-17-5-2-6-18-28/h1-10,13-20,23-24,31-32,35-36H,11-12,21-22H2/t31-,32-/m1/s1. The van der Waals surface area contributed by atoms with E-state index in [9.17, 15) is 16.8 Å². The lowest BCUT2D eigenvalue weighted by molar-refractivity contribution is 0.390. The predicted molar refractivity (Wildman–Crippen MR) is 169 cm³/mol. The highest BCUT2D eigenvalue weighted by molar-refractivity contribution is 7.93. The number of rotatable bonds is 10. The van der Waals surface area contributed by atoms with E-state index in [1.54, 1.807) is 97.4 Å². The molecule has 0 spiro atoms. The van der Waals surface area contributed by atoms with Crippen LogP contribution in [0.3, 0.4) is 0 Å². The highest BCUT2D eigenvalue weighted by atomic mass is 32.2. The maximum Gasteiger partial charge on any atom is 0.261 e. The van der Waals surface area contributed by atoms with Crippen LogP contribution < -0.4 is 9.44 Å². The number of para-hydroxylation sites is 2. The zero-order chi connectivity index (χ0) is 29.4. The molecule has 0 aromatic heterocycles. The molecule has 0 saturated heterocycles. The highest BCUT2D eigenvalue weighted by Gasteiger charge is 2.24.